The molecule has 0 radical (unpaired) electrons. The van der Waals surface area contributed by atoms with Crippen molar-refractivity contribution in [2.45, 2.75) is 5.92 Å². The quantitative estimate of drug-likeness (QED) is 0.740. The number of aliphatic hydroxyl groups excluding tert-OH is 1. The Morgan fingerprint density at radius 2 is 2.40 bits per heavy atom. The summed E-state index contributed by atoms with van der Waals surface area (Å²) in [4.78, 5) is 8.07. The second-order valence-corrected chi connectivity index (χ2v) is 3.13. The molecule has 6 nitrogen and oxygen atoms in total. The highest BCUT2D eigenvalue weighted by molar-refractivity contribution is 5.77. The number of hydrogen-bond acceptors (Lipinski definition) is 5. The summed E-state index contributed by atoms with van der Waals surface area (Å²) >= 11 is 0. The van der Waals surface area contributed by atoms with E-state index in [4.69, 9.17) is 10.4 Å². The minimum absolute atomic E-state index is 0.252. The van der Waals surface area contributed by atoms with Crippen LogP contribution in [-0.4, -0.2) is 31.5 Å². The molecule has 0 aliphatic rings. The molecule has 2 aromatic heterocycles. The molecule has 0 spiro atoms. The molecule has 0 aromatic carbocycles. The molecule has 0 fully saturated rings. The Balaban J connectivity index is 2.66. The summed E-state index contributed by atoms with van der Waals surface area (Å²) in [7, 11) is 1.76. The molecule has 0 saturated heterocycles. The highest BCUT2D eigenvalue weighted by atomic mass is 16.3. The lowest BCUT2D eigenvalue weighted by atomic mass is 10.1. The number of hydrogen-bond donors (Lipinski definition) is 1. The van der Waals surface area contributed by atoms with Crippen LogP contribution >= 0.6 is 0 Å². The number of nitrogens with zero attached hydrogens (tertiary/aromatic N) is 5. The maximum Gasteiger partial charge on any atom is 0.161 e. The van der Waals surface area contributed by atoms with Gasteiger partial charge in [-0.1, -0.05) is 0 Å². The van der Waals surface area contributed by atoms with Crippen molar-refractivity contribution in [3.05, 3.63) is 18.2 Å². The SMILES string of the molecule is Cn1ncc2c(C(C#N)CO)ncnc21. The molecule has 0 amide bonds. The summed E-state index contributed by atoms with van der Waals surface area (Å²) in [5, 5.41) is 22.6. The predicted molar refractivity (Wildman–Crippen MR) is 51.7 cm³/mol. The number of nitriles is 1. The van der Waals surface area contributed by atoms with Crippen molar-refractivity contribution in [2.75, 3.05) is 6.61 Å². The summed E-state index contributed by atoms with van der Waals surface area (Å²) in [6, 6.07) is 1.99. The van der Waals surface area contributed by atoms with Gasteiger partial charge in [0.1, 0.15) is 12.2 Å². The second kappa shape index (κ2) is 3.63. The smallest absolute Gasteiger partial charge is 0.161 e. The monoisotopic (exact) mass is 203 g/mol. The van der Waals surface area contributed by atoms with Crippen LogP contribution in [0.4, 0.5) is 0 Å². The largest absolute Gasteiger partial charge is 0.395 e. The van der Waals surface area contributed by atoms with Crippen molar-refractivity contribution >= 4 is 11.0 Å². The van der Waals surface area contributed by atoms with Crippen LogP contribution in [0.15, 0.2) is 12.5 Å². The van der Waals surface area contributed by atoms with E-state index < -0.39 is 5.92 Å². The highest BCUT2D eigenvalue weighted by Crippen LogP contribution is 2.20. The van der Waals surface area contributed by atoms with Gasteiger partial charge in [-0.2, -0.15) is 10.4 Å². The van der Waals surface area contributed by atoms with E-state index in [1.807, 2.05) is 6.07 Å². The van der Waals surface area contributed by atoms with Crippen LogP contribution in [0.2, 0.25) is 0 Å². The van der Waals surface area contributed by atoms with Crippen LogP contribution < -0.4 is 0 Å². The van der Waals surface area contributed by atoms with Gasteiger partial charge in [-0.25, -0.2) is 9.97 Å². The van der Waals surface area contributed by atoms with E-state index in [-0.39, 0.29) is 6.61 Å². The van der Waals surface area contributed by atoms with Crippen molar-refractivity contribution in [3.8, 4) is 6.07 Å². The van der Waals surface area contributed by atoms with Crippen LogP contribution in [0.25, 0.3) is 11.0 Å². The molecule has 0 saturated carbocycles. The highest BCUT2D eigenvalue weighted by Gasteiger charge is 2.16. The molecule has 0 bridgehead atoms. The summed E-state index contributed by atoms with van der Waals surface area (Å²) in [6.07, 6.45) is 2.98. The molecule has 2 heterocycles. The molecule has 0 aliphatic carbocycles. The Morgan fingerprint density at radius 3 is 3.07 bits per heavy atom. The van der Waals surface area contributed by atoms with Crippen molar-refractivity contribution < 1.29 is 5.11 Å². The van der Waals surface area contributed by atoms with Gasteiger partial charge in [-0.15, -0.1) is 0 Å². The lowest BCUT2D eigenvalue weighted by Crippen LogP contribution is -2.05. The topological polar surface area (TPSA) is 87.6 Å². The number of rotatable bonds is 2. The second-order valence-electron chi connectivity index (χ2n) is 3.13. The normalized spacial score (nSPS) is 12.6. The number of aryl methyl sites for hydroxylation is 1. The fourth-order valence-corrected chi connectivity index (χ4v) is 1.45. The van der Waals surface area contributed by atoms with Crippen LogP contribution in [-0.2, 0) is 7.05 Å². The number of aromatic nitrogens is 4. The molecule has 2 rings (SSSR count). The molecule has 76 valence electrons. The van der Waals surface area contributed by atoms with E-state index in [2.05, 4.69) is 15.1 Å². The van der Waals surface area contributed by atoms with Crippen molar-refractivity contribution in [3.63, 3.8) is 0 Å². The van der Waals surface area contributed by atoms with Crippen molar-refractivity contribution in [2.24, 2.45) is 7.05 Å². The van der Waals surface area contributed by atoms with Crippen LogP contribution in [0.1, 0.15) is 11.6 Å². The molecule has 6 heteroatoms. The molecule has 1 atom stereocenters. The minimum Gasteiger partial charge on any atom is -0.395 e. The Labute approximate surface area is 85.8 Å². The predicted octanol–water partition coefficient (Wildman–Crippen LogP) is -0.0372. The van der Waals surface area contributed by atoms with E-state index in [1.165, 1.54) is 6.33 Å². The maximum absolute atomic E-state index is 9.04. The molecular weight excluding hydrogens is 194 g/mol. The fourth-order valence-electron chi connectivity index (χ4n) is 1.45. The summed E-state index contributed by atoms with van der Waals surface area (Å²) in [5.41, 5.74) is 1.19. The molecule has 0 aliphatic heterocycles. The average molecular weight is 203 g/mol. The van der Waals surface area contributed by atoms with Crippen molar-refractivity contribution in [1.29, 1.82) is 5.26 Å². The van der Waals surface area contributed by atoms with Gasteiger partial charge in [0.05, 0.1) is 30.0 Å². The van der Waals surface area contributed by atoms with Gasteiger partial charge in [0.25, 0.3) is 0 Å². The summed E-state index contributed by atoms with van der Waals surface area (Å²) in [5.74, 6) is -0.625. The van der Waals surface area contributed by atoms with Gasteiger partial charge >= 0.3 is 0 Å². The third-order valence-electron chi connectivity index (χ3n) is 2.23. The fraction of sp³-hybridized carbons (Fsp3) is 0.333. The first kappa shape index (κ1) is 9.55. The Bertz CT molecular complexity index is 527. The zero-order valence-electron chi connectivity index (χ0n) is 8.12. The van der Waals surface area contributed by atoms with Gasteiger partial charge in [0.15, 0.2) is 5.65 Å². The summed E-state index contributed by atoms with van der Waals surface area (Å²) in [6.45, 7) is -0.252. The van der Waals surface area contributed by atoms with Crippen LogP contribution in [0.5, 0.6) is 0 Å². The zero-order valence-corrected chi connectivity index (χ0v) is 8.12. The van der Waals surface area contributed by atoms with Gasteiger partial charge in [-0.3, -0.25) is 4.68 Å². The van der Waals surface area contributed by atoms with Crippen LogP contribution in [0.3, 0.4) is 0 Å². The average Bonchev–Trinajstić information content (AvgIpc) is 2.64. The standard InChI is InChI=1S/C9H9N5O/c1-14-9-7(3-13-14)8(11-5-12-9)6(2-10)4-15/h3,5-6,15H,4H2,1H3. The lowest BCUT2D eigenvalue weighted by molar-refractivity contribution is 0.284. The van der Waals surface area contributed by atoms with E-state index in [0.29, 0.717) is 16.7 Å². The first-order valence-corrected chi connectivity index (χ1v) is 4.41. The summed E-state index contributed by atoms with van der Waals surface area (Å²) < 4.78 is 1.60. The van der Waals surface area contributed by atoms with Crippen LogP contribution in [0, 0.1) is 11.3 Å². The Hall–Kier alpha value is -2.00. The maximum atomic E-state index is 9.04. The third-order valence-corrected chi connectivity index (χ3v) is 2.23. The third kappa shape index (κ3) is 1.43. The molecular formula is C9H9N5O. The molecule has 2 aromatic rings. The Kier molecular flexibility index (Phi) is 2.31. The number of aliphatic hydroxyl groups is 1. The van der Waals surface area contributed by atoms with Gasteiger partial charge in [-0.05, 0) is 0 Å². The first-order chi connectivity index (χ1) is 7.27. The molecule has 1 unspecified atom stereocenters. The van der Waals surface area contributed by atoms with Gasteiger partial charge in [0.2, 0.25) is 0 Å². The molecule has 1 N–H and O–H groups in total. The van der Waals surface area contributed by atoms with E-state index in [1.54, 1.807) is 17.9 Å². The van der Waals surface area contributed by atoms with E-state index >= 15 is 0 Å². The van der Waals surface area contributed by atoms with E-state index in [9.17, 15) is 0 Å². The minimum atomic E-state index is -0.625. The van der Waals surface area contributed by atoms with E-state index in [0.717, 1.165) is 0 Å². The Morgan fingerprint density at radius 1 is 1.60 bits per heavy atom. The lowest BCUT2D eigenvalue weighted by Gasteiger charge is -2.04. The van der Waals surface area contributed by atoms with Crippen molar-refractivity contribution in [1.82, 2.24) is 19.7 Å². The number of fused-ring (bicyclic) bond motifs is 1. The van der Waals surface area contributed by atoms with Gasteiger partial charge < -0.3 is 5.11 Å². The first-order valence-electron chi connectivity index (χ1n) is 4.41. The zero-order chi connectivity index (χ0) is 10.8. The van der Waals surface area contributed by atoms with Gasteiger partial charge in [0, 0.05) is 7.05 Å². The molecule has 15 heavy (non-hydrogen) atoms.